The third kappa shape index (κ3) is 3.48. The summed E-state index contributed by atoms with van der Waals surface area (Å²) in [6, 6.07) is 9.88. The third-order valence-corrected chi connectivity index (χ3v) is 4.00. The summed E-state index contributed by atoms with van der Waals surface area (Å²) in [7, 11) is 0. The standard InChI is InChI=1S/C13H14BrNOS/c1-2-12-3-4-13(17-12)8-16-11-6-9(14)5-10(15)7-11/h3-7H,2,8,15H2,1H3. The van der Waals surface area contributed by atoms with Gasteiger partial charge >= 0.3 is 0 Å². The van der Waals surface area contributed by atoms with Crippen LogP contribution in [0.4, 0.5) is 5.69 Å². The number of thiophene rings is 1. The minimum Gasteiger partial charge on any atom is -0.488 e. The van der Waals surface area contributed by atoms with Gasteiger partial charge in [0.25, 0.3) is 0 Å². The zero-order valence-electron chi connectivity index (χ0n) is 9.57. The quantitative estimate of drug-likeness (QED) is 0.857. The van der Waals surface area contributed by atoms with Crippen molar-refractivity contribution < 1.29 is 4.74 Å². The van der Waals surface area contributed by atoms with Gasteiger partial charge < -0.3 is 10.5 Å². The number of nitrogen functional groups attached to an aromatic ring is 1. The monoisotopic (exact) mass is 311 g/mol. The zero-order valence-corrected chi connectivity index (χ0v) is 12.0. The Hall–Kier alpha value is -1.000. The maximum absolute atomic E-state index is 5.75. The number of anilines is 1. The van der Waals surface area contributed by atoms with Gasteiger partial charge in [-0.3, -0.25) is 0 Å². The normalized spacial score (nSPS) is 10.5. The lowest BCUT2D eigenvalue weighted by Crippen LogP contribution is -1.94. The summed E-state index contributed by atoms with van der Waals surface area (Å²) in [6.07, 6.45) is 1.08. The number of benzene rings is 1. The molecule has 0 saturated heterocycles. The molecule has 4 heteroatoms. The van der Waals surface area contributed by atoms with Crippen LogP contribution in [0.5, 0.6) is 5.75 Å². The summed E-state index contributed by atoms with van der Waals surface area (Å²) < 4.78 is 6.65. The number of ether oxygens (including phenoxy) is 1. The third-order valence-electron chi connectivity index (χ3n) is 2.34. The van der Waals surface area contributed by atoms with E-state index in [1.807, 2.05) is 18.2 Å². The molecule has 0 aliphatic carbocycles. The predicted octanol–water partition coefficient (Wildman–Crippen LogP) is 4.23. The summed E-state index contributed by atoms with van der Waals surface area (Å²) >= 11 is 5.19. The molecule has 0 fully saturated rings. The lowest BCUT2D eigenvalue weighted by atomic mass is 10.3. The Balaban J connectivity index is 2.01. The van der Waals surface area contributed by atoms with Crippen LogP contribution < -0.4 is 10.5 Å². The molecule has 17 heavy (non-hydrogen) atoms. The summed E-state index contributed by atoms with van der Waals surface area (Å²) in [4.78, 5) is 2.62. The lowest BCUT2D eigenvalue weighted by molar-refractivity contribution is 0.310. The fourth-order valence-corrected chi connectivity index (χ4v) is 2.87. The Kier molecular flexibility index (Phi) is 4.07. The number of aryl methyl sites for hydroxylation is 1. The van der Waals surface area contributed by atoms with Crippen molar-refractivity contribution in [3.05, 3.63) is 44.6 Å². The molecule has 0 unspecified atom stereocenters. The second-order valence-corrected chi connectivity index (χ2v) is 5.90. The van der Waals surface area contributed by atoms with Crippen molar-refractivity contribution in [2.24, 2.45) is 0 Å². The van der Waals surface area contributed by atoms with Gasteiger partial charge in [0.15, 0.2) is 0 Å². The average molecular weight is 312 g/mol. The fraction of sp³-hybridized carbons (Fsp3) is 0.231. The van der Waals surface area contributed by atoms with Crippen molar-refractivity contribution >= 4 is 33.0 Å². The highest BCUT2D eigenvalue weighted by Gasteiger charge is 2.01. The summed E-state index contributed by atoms with van der Waals surface area (Å²) in [6.45, 7) is 2.76. The van der Waals surface area contributed by atoms with E-state index in [1.165, 1.54) is 9.75 Å². The molecule has 0 radical (unpaired) electrons. The van der Waals surface area contributed by atoms with Gasteiger partial charge in [-0.15, -0.1) is 11.3 Å². The second-order valence-electron chi connectivity index (χ2n) is 3.73. The van der Waals surface area contributed by atoms with E-state index in [-0.39, 0.29) is 0 Å². The lowest BCUT2D eigenvalue weighted by Gasteiger charge is -2.06. The van der Waals surface area contributed by atoms with Crippen LogP contribution in [-0.4, -0.2) is 0 Å². The Morgan fingerprint density at radius 3 is 2.65 bits per heavy atom. The van der Waals surface area contributed by atoms with Gasteiger partial charge in [0, 0.05) is 26.0 Å². The first-order valence-corrected chi connectivity index (χ1v) is 7.05. The number of halogens is 1. The van der Waals surface area contributed by atoms with Gasteiger partial charge in [-0.25, -0.2) is 0 Å². The first-order valence-electron chi connectivity index (χ1n) is 5.44. The Morgan fingerprint density at radius 2 is 2.00 bits per heavy atom. The zero-order chi connectivity index (χ0) is 12.3. The molecule has 2 nitrogen and oxygen atoms in total. The molecule has 1 heterocycles. The molecule has 2 rings (SSSR count). The highest BCUT2D eigenvalue weighted by molar-refractivity contribution is 9.10. The minimum atomic E-state index is 0.598. The van der Waals surface area contributed by atoms with Crippen LogP contribution in [-0.2, 0) is 13.0 Å². The van der Waals surface area contributed by atoms with Crippen LogP contribution in [0.3, 0.4) is 0 Å². The smallest absolute Gasteiger partial charge is 0.123 e. The van der Waals surface area contributed by atoms with E-state index in [0.717, 1.165) is 16.6 Å². The second kappa shape index (κ2) is 5.56. The van der Waals surface area contributed by atoms with Crippen molar-refractivity contribution in [3.8, 4) is 5.75 Å². The summed E-state index contributed by atoms with van der Waals surface area (Å²) in [5.41, 5.74) is 6.45. The van der Waals surface area contributed by atoms with Crippen LogP contribution >= 0.6 is 27.3 Å². The topological polar surface area (TPSA) is 35.2 Å². The van der Waals surface area contributed by atoms with Crippen LogP contribution in [0.1, 0.15) is 16.7 Å². The summed E-state index contributed by atoms with van der Waals surface area (Å²) in [5.74, 6) is 0.795. The molecular weight excluding hydrogens is 298 g/mol. The van der Waals surface area contributed by atoms with E-state index >= 15 is 0 Å². The number of nitrogens with two attached hydrogens (primary N) is 1. The van der Waals surface area contributed by atoms with Crippen molar-refractivity contribution in [1.82, 2.24) is 0 Å². The van der Waals surface area contributed by atoms with Crippen molar-refractivity contribution in [1.29, 1.82) is 0 Å². The maximum atomic E-state index is 5.75. The first-order chi connectivity index (χ1) is 8.17. The van der Waals surface area contributed by atoms with Crippen LogP contribution in [0, 0.1) is 0 Å². The van der Waals surface area contributed by atoms with Gasteiger partial charge in [0.05, 0.1) is 0 Å². The molecule has 0 aliphatic rings. The maximum Gasteiger partial charge on any atom is 0.123 e. The van der Waals surface area contributed by atoms with Crippen molar-refractivity contribution in [2.75, 3.05) is 5.73 Å². The Labute approximate surface area is 114 Å². The molecule has 1 aromatic carbocycles. The Bertz CT molecular complexity index is 490. The van der Waals surface area contributed by atoms with E-state index in [9.17, 15) is 0 Å². The van der Waals surface area contributed by atoms with E-state index in [1.54, 1.807) is 11.3 Å². The van der Waals surface area contributed by atoms with Gasteiger partial charge in [-0.05, 0) is 30.7 Å². The van der Waals surface area contributed by atoms with E-state index < -0.39 is 0 Å². The van der Waals surface area contributed by atoms with Crippen molar-refractivity contribution in [3.63, 3.8) is 0 Å². The van der Waals surface area contributed by atoms with E-state index in [0.29, 0.717) is 12.3 Å². The molecule has 2 aromatic rings. The molecule has 0 atom stereocenters. The molecular formula is C13H14BrNOS. The molecule has 0 spiro atoms. The van der Waals surface area contributed by atoms with Gasteiger partial charge in [0.2, 0.25) is 0 Å². The van der Waals surface area contributed by atoms with Gasteiger partial charge in [-0.1, -0.05) is 22.9 Å². The Morgan fingerprint density at radius 1 is 1.24 bits per heavy atom. The number of hydrogen-bond acceptors (Lipinski definition) is 3. The highest BCUT2D eigenvalue weighted by atomic mass is 79.9. The number of rotatable bonds is 4. The minimum absolute atomic E-state index is 0.598. The molecule has 0 aliphatic heterocycles. The van der Waals surface area contributed by atoms with Gasteiger partial charge in [-0.2, -0.15) is 0 Å². The largest absolute Gasteiger partial charge is 0.488 e. The molecule has 1 aromatic heterocycles. The van der Waals surface area contributed by atoms with E-state index in [4.69, 9.17) is 10.5 Å². The first kappa shape index (κ1) is 12.5. The van der Waals surface area contributed by atoms with Crippen molar-refractivity contribution in [2.45, 2.75) is 20.0 Å². The van der Waals surface area contributed by atoms with Crippen LogP contribution in [0.25, 0.3) is 0 Å². The van der Waals surface area contributed by atoms with Gasteiger partial charge in [0.1, 0.15) is 12.4 Å². The molecule has 90 valence electrons. The molecule has 2 N–H and O–H groups in total. The molecule has 0 bridgehead atoms. The number of hydrogen-bond donors (Lipinski definition) is 1. The SMILES string of the molecule is CCc1ccc(COc2cc(N)cc(Br)c2)s1. The molecule has 0 amide bonds. The average Bonchev–Trinajstić information content (AvgIpc) is 2.73. The molecule has 0 saturated carbocycles. The summed E-state index contributed by atoms with van der Waals surface area (Å²) in [5, 5.41) is 0. The van der Waals surface area contributed by atoms with Crippen LogP contribution in [0.2, 0.25) is 0 Å². The fourth-order valence-electron chi connectivity index (χ4n) is 1.51. The highest BCUT2D eigenvalue weighted by Crippen LogP contribution is 2.25. The van der Waals surface area contributed by atoms with E-state index in [2.05, 4.69) is 35.0 Å². The van der Waals surface area contributed by atoms with Crippen LogP contribution in [0.15, 0.2) is 34.8 Å². The predicted molar refractivity (Wildman–Crippen MR) is 76.6 cm³/mol.